The number of hydrogen-bond donors (Lipinski definition) is 0. The van der Waals surface area contributed by atoms with Gasteiger partial charge in [0.05, 0.1) is 5.92 Å². The third-order valence-corrected chi connectivity index (χ3v) is 7.07. The summed E-state index contributed by atoms with van der Waals surface area (Å²) < 4.78 is 5.69. The van der Waals surface area contributed by atoms with E-state index in [1.807, 2.05) is 12.1 Å². The SMILES string of the molecule is CCCCCCC1CCC2C[C@H](C(=O)Oc3ccc(CC)cc3)CC[C@@H]2C1. The Morgan fingerprint density at radius 2 is 1.67 bits per heavy atom. The van der Waals surface area contributed by atoms with Crippen LogP contribution in [0.1, 0.15) is 90.0 Å². The lowest BCUT2D eigenvalue weighted by atomic mass is 9.64. The highest BCUT2D eigenvalue weighted by Gasteiger charge is 2.38. The quantitative estimate of drug-likeness (QED) is 0.281. The minimum Gasteiger partial charge on any atom is -0.426 e. The van der Waals surface area contributed by atoms with Gasteiger partial charge >= 0.3 is 5.97 Å². The molecule has 2 fully saturated rings. The summed E-state index contributed by atoms with van der Waals surface area (Å²) in [6, 6.07) is 7.99. The average Bonchev–Trinajstić information content (AvgIpc) is 2.71. The third kappa shape index (κ3) is 5.83. The molecule has 0 aliphatic heterocycles. The molecule has 0 spiro atoms. The van der Waals surface area contributed by atoms with Crippen molar-refractivity contribution in [1.82, 2.24) is 0 Å². The van der Waals surface area contributed by atoms with E-state index in [0.717, 1.165) is 37.0 Å². The molecule has 4 atom stereocenters. The van der Waals surface area contributed by atoms with Gasteiger partial charge in [0.2, 0.25) is 0 Å². The minimum atomic E-state index is -0.000567. The van der Waals surface area contributed by atoms with Crippen LogP contribution in [0.25, 0.3) is 0 Å². The van der Waals surface area contributed by atoms with Gasteiger partial charge in [0.25, 0.3) is 0 Å². The largest absolute Gasteiger partial charge is 0.426 e. The molecule has 1 aromatic rings. The van der Waals surface area contributed by atoms with E-state index in [2.05, 4.69) is 26.0 Å². The number of ether oxygens (including phenoxy) is 1. The van der Waals surface area contributed by atoms with Crippen LogP contribution in [-0.2, 0) is 11.2 Å². The molecule has 27 heavy (non-hydrogen) atoms. The first-order chi connectivity index (χ1) is 13.2. The lowest BCUT2D eigenvalue weighted by Crippen LogP contribution is -2.35. The summed E-state index contributed by atoms with van der Waals surface area (Å²) >= 11 is 0. The van der Waals surface area contributed by atoms with Crippen LogP contribution >= 0.6 is 0 Å². The Bertz CT molecular complexity index is 576. The van der Waals surface area contributed by atoms with Gasteiger partial charge in [0, 0.05) is 0 Å². The average molecular weight is 371 g/mol. The number of fused-ring (bicyclic) bond motifs is 1. The number of aryl methyl sites for hydroxylation is 1. The fourth-order valence-electron chi connectivity index (χ4n) is 5.32. The van der Waals surface area contributed by atoms with Gasteiger partial charge in [0.15, 0.2) is 0 Å². The van der Waals surface area contributed by atoms with Crippen LogP contribution in [-0.4, -0.2) is 5.97 Å². The molecule has 1 aromatic carbocycles. The standard InChI is InChI=1S/C25H38O2/c1-3-5-6-7-8-20-9-12-22-18-23(14-13-21(22)17-20)25(26)27-24-15-10-19(4-2)11-16-24/h10-11,15-16,20-23H,3-9,12-14,17-18H2,1-2H3/t20?,21-,22?,23-/m1/s1. The second kappa shape index (κ2) is 10.3. The first kappa shape index (κ1) is 20.4. The smallest absolute Gasteiger partial charge is 0.314 e. The molecule has 2 heteroatoms. The van der Waals surface area contributed by atoms with E-state index in [9.17, 15) is 4.79 Å². The van der Waals surface area contributed by atoms with Crippen molar-refractivity contribution >= 4 is 5.97 Å². The summed E-state index contributed by atoms with van der Waals surface area (Å²) in [6.07, 6.45) is 15.4. The topological polar surface area (TPSA) is 26.3 Å². The van der Waals surface area contributed by atoms with Crippen LogP contribution < -0.4 is 4.74 Å². The predicted molar refractivity (Wildman–Crippen MR) is 112 cm³/mol. The van der Waals surface area contributed by atoms with Gasteiger partial charge in [-0.25, -0.2) is 0 Å². The van der Waals surface area contributed by atoms with Gasteiger partial charge in [-0.05, 0) is 74.0 Å². The van der Waals surface area contributed by atoms with E-state index in [1.165, 1.54) is 63.4 Å². The molecule has 150 valence electrons. The fourth-order valence-corrected chi connectivity index (χ4v) is 5.32. The van der Waals surface area contributed by atoms with E-state index < -0.39 is 0 Å². The van der Waals surface area contributed by atoms with Crippen molar-refractivity contribution in [3.63, 3.8) is 0 Å². The van der Waals surface area contributed by atoms with Gasteiger partial charge in [-0.2, -0.15) is 0 Å². The summed E-state index contributed by atoms with van der Waals surface area (Å²) in [5.41, 5.74) is 1.28. The molecule has 0 radical (unpaired) electrons. The van der Waals surface area contributed by atoms with E-state index in [1.54, 1.807) is 0 Å². The predicted octanol–water partition coefficient (Wildman–Crippen LogP) is 6.96. The Balaban J connectivity index is 1.44. The monoisotopic (exact) mass is 370 g/mol. The number of rotatable bonds is 8. The Labute approximate surface area is 166 Å². The molecule has 0 amide bonds. The van der Waals surface area contributed by atoms with Crippen LogP contribution in [0.15, 0.2) is 24.3 Å². The molecule has 2 aliphatic carbocycles. The van der Waals surface area contributed by atoms with Crippen molar-refractivity contribution < 1.29 is 9.53 Å². The highest BCUT2D eigenvalue weighted by atomic mass is 16.5. The number of esters is 1. The van der Waals surface area contributed by atoms with Gasteiger partial charge in [-0.15, -0.1) is 0 Å². The maximum absolute atomic E-state index is 12.6. The number of unbranched alkanes of at least 4 members (excludes halogenated alkanes) is 3. The molecule has 0 aromatic heterocycles. The molecule has 2 unspecified atom stereocenters. The number of benzene rings is 1. The highest BCUT2D eigenvalue weighted by Crippen LogP contribution is 2.46. The van der Waals surface area contributed by atoms with Crippen molar-refractivity contribution in [3.05, 3.63) is 29.8 Å². The van der Waals surface area contributed by atoms with Crippen molar-refractivity contribution in [2.75, 3.05) is 0 Å². The first-order valence-electron chi connectivity index (χ1n) is 11.5. The van der Waals surface area contributed by atoms with E-state index in [0.29, 0.717) is 5.75 Å². The van der Waals surface area contributed by atoms with Gasteiger partial charge < -0.3 is 4.74 Å². The molecule has 0 N–H and O–H groups in total. The van der Waals surface area contributed by atoms with Crippen LogP contribution in [0.4, 0.5) is 0 Å². The van der Waals surface area contributed by atoms with E-state index in [4.69, 9.17) is 4.74 Å². The Hall–Kier alpha value is -1.31. The van der Waals surface area contributed by atoms with E-state index in [-0.39, 0.29) is 11.9 Å². The van der Waals surface area contributed by atoms with Gasteiger partial charge in [-0.3, -0.25) is 4.79 Å². The first-order valence-corrected chi connectivity index (χ1v) is 11.5. The molecule has 0 saturated heterocycles. The number of carbonyl (C=O) groups excluding carboxylic acids is 1. The van der Waals surface area contributed by atoms with Crippen LogP contribution in [0, 0.1) is 23.7 Å². The van der Waals surface area contributed by atoms with Gasteiger partial charge in [-0.1, -0.05) is 64.5 Å². The minimum absolute atomic E-state index is 0.000567. The second-order valence-corrected chi connectivity index (χ2v) is 8.98. The van der Waals surface area contributed by atoms with Crippen molar-refractivity contribution in [2.45, 2.75) is 90.9 Å². The summed E-state index contributed by atoms with van der Waals surface area (Å²) in [5.74, 6) is 3.38. The van der Waals surface area contributed by atoms with Crippen LogP contribution in [0.5, 0.6) is 5.75 Å². The second-order valence-electron chi connectivity index (χ2n) is 8.98. The van der Waals surface area contributed by atoms with Crippen molar-refractivity contribution in [3.8, 4) is 5.75 Å². The van der Waals surface area contributed by atoms with Crippen LogP contribution in [0.3, 0.4) is 0 Å². The normalized spacial score (nSPS) is 27.8. The molecule has 2 nitrogen and oxygen atoms in total. The molecule has 3 rings (SSSR count). The van der Waals surface area contributed by atoms with Crippen molar-refractivity contribution in [1.29, 1.82) is 0 Å². The van der Waals surface area contributed by atoms with E-state index >= 15 is 0 Å². The summed E-state index contributed by atoms with van der Waals surface area (Å²) in [4.78, 5) is 12.6. The molecular formula is C25H38O2. The van der Waals surface area contributed by atoms with Crippen molar-refractivity contribution in [2.24, 2.45) is 23.7 Å². The summed E-state index contributed by atoms with van der Waals surface area (Å²) in [7, 11) is 0. The Kier molecular flexibility index (Phi) is 7.79. The zero-order valence-electron chi connectivity index (χ0n) is 17.4. The summed E-state index contributed by atoms with van der Waals surface area (Å²) in [6.45, 7) is 4.42. The third-order valence-electron chi connectivity index (χ3n) is 7.07. The fraction of sp³-hybridized carbons (Fsp3) is 0.720. The summed E-state index contributed by atoms with van der Waals surface area (Å²) in [5, 5.41) is 0. The molecule has 0 heterocycles. The highest BCUT2D eigenvalue weighted by molar-refractivity contribution is 5.75. The zero-order chi connectivity index (χ0) is 19.1. The molecule has 2 saturated carbocycles. The Morgan fingerprint density at radius 1 is 0.926 bits per heavy atom. The molecule has 2 aliphatic rings. The molecule has 0 bridgehead atoms. The maximum Gasteiger partial charge on any atom is 0.314 e. The maximum atomic E-state index is 12.6. The zero-order valence-corrected chi connectivity index (χ0v) is 17.4. The number of carbonyl (C=O) groups is 1. The lowest BCUT2D eigenvalue weighted by molar-refractivity contribution is -0.141. The lowest BCUT2D eigenvalue weighted by Gasteiger charge is -2.41. The number of hydrogen-bond acceptors (Lipinski definition) is 2. The van der Waals surface area contributed by atoms with Crippen LogP contribution in [0.2, 0.25) is 0 Å². The molecular weight excluding hydrogens is 332 g/mol. The van der Waals surface area contributed by atoms with Gasteiger partial charge in [0.1, 0.15) is 5.75 Å². The Morgan fingerprint density at radius 3 is 2.41 bits per heavy atom.